The minimum atomic E-state index is -0.0450. The van der Waals surface area contributed by atoms with E-state index in [4.69, 9.17) is 0 Å². The summed E-state index contributed by atoms with van der Waals surface area (Å²) < 4.78 is 2.31. The van der Waals surface area contributed by atoms with Crippen LogP contribution in [0.5, 0.6) is 0 Å². The molecule has 0 atom stereocenters. The molecule has 4 rings (SSSR count). The second-order valence-corrected chi connectivity index (χ2v) is 7.57. The molecule has 6 heteroatoms. The fourth-order valence-corrected chi connectivity index (χ4v) is 3.83. The maximum Gasteiger partial charge on any atom is 0.221 e. The van der Waals surface area contributed by atoms with E-state index in [1.165, 1.54) is 18.1 Å². The Kier molecular flexibility index (Phi) is 6.00. The highest BCUT2D eigenvalue weighted by Gasteiger charge is 2.18. The van der Waals surface area contributed by atoms with Gasteiger partial charge in [-0.3, -0.25) is 9.69 Å². The summed E-state index contributed by atoms with van der Waals surface area (Å²) in [5.41, 5.74) is 3.43. The third-order valence-electron chi connectivity index (χ3n) is 5.36. The first-order chi connectivity index (χ1) is 14.2. The topological polar surface area (TPSA) is 63.1 Å². The molecule has 1 aliphatic heterocycles. The van der Waals surface area contributed by atoms with Crippen molar-refractivity contribution in [3.8, 4) is 0 Å². The Balaban J connectivity index is 1.35. The summed E-state index contributed by atoms with van der Waals surface area (Å²) in [7, 11) is 0. The lowest BCUT2D eigenvalue weighted by atomic mass is 10.1. The van der Waals surface area contributed by atoms with Crippen molar-refractivity contribution in [2.24, 2.45) is 0 Å². The summed E-state index contributed by atoms with van der Waals surface area (Å²) in [6.45, 7) is 5.31. The highest BCUT2D eigenvalue weighted by molar-refractivity contribution is 5.88. The molecule has 1 amide bonds. The second kappa shape index (κ2) is 9.01. The number of fused-ring (bicyclic) bond motifs is 1. The van der Waals surface area contributed by atoms with Crippen LogP contribution < -0.4 is 5.32 Å². The highest BCUT2D eigenvalue weighted by atomic mass is 16.1. The summed E-state index contributed by atoms with van der Waals surface area (Å²) in [6.07, 6.45) is 2.83. The molecular formula is C23H27N5O. The van der Waals surface area contributed by atoms with E-state index in [0.29, 0.717) is 0 Å². The van der Waals surface area contributed by atoms with Gasteiger partial charge in [-0.1, -0.05) is 42.5 Å². The lowest BCUT2D eigenvalue weighted by Crippen LogP contribution is -2.26. The average molecular weight is 390 g/mol. The normalized spacial score (nSPS) is 14.2. The van der Waals surface area contributed by atoms with Crippen molar-refractivity contribution >= 4 is 11.6 Å². The largest absolute Gasteiger partial charge is 0.326 e. The Morgan fingerprint density at radius 1 is 0.931 bits per heavy atom. The first kappa shape index (κ1) is 19.3. The lowest BCUT2D eigenvalue weighted by Gasteiger charge is -2.20. The van der Waals surface area contributed by atoms with Gasteiger partial charge in [-0.25, -0.2) is 0 Å². The Morgan fingerprint density at radius 3 is 2.48 bits per heavy atom. The molecule has 0 fully saturated rings. The van der Waals surface area contributed by atoms with Gasteiger partial charge >= 0.3 is 0 Å². The molecule has 0 unspecified atom stereocenters. The zero-order chi connectivity index (χ0) is 20.1. The Bertz CT molecular complexity index is 949. The first-order valence-corrected chi connectivity index (χ1v) is 10.2. The molecule has 1 N–H and O–H groups in total. The predicted molar refractivity (Wildman–Crippen MR) is 114 cm³/mol. The fourth-order valence-electron chi connectivity index (χ4n) is 3.83. The van der Waals surface area contributed by atoms with Crippen LogP contribution >= 0.6 is 0 Å². The van der Waals surface area contributed by atoms with Gasteiger partial charge in [-0.2, -0.15) is 0 Å². The standard InChI is InChI=1S/C23H27N5O/c1-18(29)24-21-10-7-20(8-11-21)17-27-14-13-23-26-25-22(28(23)16-15-27)12-9-19-5-3-2-4-6-19/h2-8,10-11H,9,12-17H2,1H3,(H,24,29). The Labute approximate surface area is 171 Å². The van der Waals surface area contributed by atoms with E-state index in [2.05, 4.69) is 67.4 Å². The van der Waals surface area contributed by atoms with Crippen molar-refractivity contribution in [2.75, 3.05) is 18.4 Å². The minimum absolute atomic E-state index is 0.0450. The molecule has 29 heavy (non-hydrogen) atoms. The van der Waals surface area contributed by atoms with Gasteiger partial charge in [-0.05, 0) is 29.7 Å². The Hall–Kier alpha value is -2.99. The number of carbonyl (C=O) groups excluding carboxylic acids is 1. The number of carbonyl (C=O) groups is 1. The van der Waals surface area contributed by atoms with Crippen LogP contribution in [0.15, 0.2) is 54.6 Å². The number of benzene rings is 2. The van der Waals surface area contributed by atoms with Gasteiger partial charge in [0.2, 0.25) is 5.91 Å². The van der Waals surface area contributed by atoms with Crippen LogP contribution in [0.4, 0.5) is 5.69 Å². The molecule has 150 valence electrons. The number of hydrogen-bond acceptors (Lipinski definition) is 4. The van der Waals surface area contributed by atoms with Gasteiger partial charge in [0.15, 0.2) is 0 Å². The maximum absolute atomic E-state index is 11.2. The van der Waals surface area contributed by atoms with Crippen LogP contribution in [0.2, 0.25) is 0 Å². The van der Waals surface area contributed by atoms with Crippen molar-refractivity contribution in [1.29, 1.82) is 0 Å². The predicted octanol–water partition coefficient (Wildman–Crippen LogP) is 3.08. The fraction of sp³-hybridized carbons (Fsp3) is 0.348. The number of amides is 1. The van der Waals surface area contributed by atoms with Gasteiger partial charge in [0.25, 0.3) is 0 Å². The van der Waals surface area contributed by atoms with E-state index in [1.54, 1.807) is 0 Å². The van der Waals surface area contributed by atoms with Crippen LogP contribution in [0.25, 0.3) is 0 Å². The highest BCUT2D eigenvalue weighted by Crippen LogP contribution is 2.16. The van der Waals surface area contributed by atoms with Gasteiger partial charge < -0.3 is 9.88 Å². The molecule has 6 nitrogen and oxygen atoms in total. The van der Waals surface area contributed by atoms with E-state index in [9.17, 15) is 4.79 Å². The zero-order valence-electron chi connectivity index (χ0n) is 16.8. The molecule has 0 saturated carbocycles. The average Bonchev–Trinajstić information content (AvgIpc) is 3.01. The molecule has 1 aliphatic rings. The number of hydrogen-bond donors (Lipinski definition) is 1. The molecule has 0 radical (unpaired) electrons. The summed E-state index contributed by atoms with van der Waals surface area (Å²) in [6, 6.07) is 18.6. The van der Waals surface area contributed by atoms with Crippen LogP contribution in [-0.2, 0) is 37.1 Å². The quantitative estimate of drug-likeness (QED) is 0.704. The summed E-state index contributed by atoms with van der Waals surface area (Å²) in [5.74, 6) is 2.14. The maximum atomic E-state index is 11.2. The number of rotatable bonds is 6. The van der Waals surface area contributed by atoms with Crippen LogP contribution in [0, 0.1) is 0 Å². The van der Waals surface area contributed by atoms with Crippen molar-refractivity contribution in [1.82, 2.24) is 19.7 Å². The molecule has 2 heterocycles. The number of anilines is 1. The van der Waals surface area contributed by atoms with E-state index in [-0.39, 0.29) is 5.91 Å². The van der Waals surface area contributed by atoms with E-state index in [0.717, 1.165) is 62.8 Å². The van der Waals surface area contributed by atoms with Crippen LogP contribution in [-0.4, -0.2) is 38.7 Å². The SMILES string of the molecule is CC(=O)Nc1ccc(CN2CCc3nnc(CCc4ccccc4)n3CC2)cc1. The Morgan fingerprint density at radius 2 is 1.72 bits per heavy atom. The van der Waals surface area contributed by atoms with Gasteiger partial charge in [0.05, 0.1) is 0 Å². The monoisotopic (exact) mass is 389 g/mol. The van der Waals surface area contributed by atoms with Gasteiger partial charge in [0, 0.05) is 51.6 Å². The van der Waals surface area contributed by atoms with Gasteiger partial charge in [-0.15, -0.1) is 10.2 Å². The molecular weight excluding hydrogens is 362 g/mol. The number of aryl methyl sites for hydroxylation is 2. The van der Waals surface area contributed by atoms with Crippen molar-refractivity contribution < 1.29 is 4.79 Å². The second-order valence-electron chi connectivity index (χ2n) is 7.57. The minimum Gasteiger partial charge on any atom is -0.326 e. The molecule has 0 saturated heterocycles. The molecule has 3 aromatic rings. The van der Waals surface area contributed by atoms with Crippen molar-refractivity contribution in [2.45, 2.75) is 39.3 Å². The lowest BCUT2D eigenvalue weighted by molar-refractivity contribution is -0.114. The zero-order valence-corrected chi connectivity index (χ0v) is 16.8. The number of nitrogens with zero attached hydrogens (tertiary/aromatic N) is 4. The van der Waals surface area contributed by atoms with Crippen molar-refractivity contribution in [3.05, 3.63) is 77.4 Å². The smallest absolute Gasteiger partial charge is 0.221 e. The van der Waals surface area contributed by atoms with Gasteiger partial charge in [0.1, 0.15) is 11.6 Å². The van der Waals surface area contributed by atoms with E-state index in [1.807, 2.05) is 12.1 Å². The molecule has 2 aromatic carbocycles. The number of nitrogens with one attached hydrogen (secondary N) is 1. The molecule has 0 aliphatic carbocycles. The van der Waals surface area contributed by atoms with Crippen LogP contribution in [0.1, 0.15) is 29.7 Å². The summed E-state index contributed by atoms with van der Waals surface area (Å²) in [5, 5.41) is 11.7. The molecule has 1 aromatic heterocycles. The third kappa shape index (κ3) is 5.09. The van der Waals surface area contributed by atoms with E-state index < -0.39 is 0 Å². The number of aromatic nitrogens is 3. The molecule has 0 bridgehead atoms. The van der Waals surface area contributed by atoms with E-state index >= 15 is 0 Å². The van der Waals surface area contributed by atoms with Crippen molar-refractivity contribution in [3.63, 3.8) is 0 Å². The first-order valence-electron chi connectivity index (χ1n) is 10.2. The summed E-state index contributed by atoms with van der Waals surface area (Å²) in [4.78, 5) is 13.6. The molecule has 0 spiro atoms. The van der Waals surface area contributed by atoms with Crippen LogP contribution in [0.3, 0.4) is 0 Å². The summed E-state index contributed by atoms with van der Waals surface area (Å²) >= 11 is 0. The third-order valence-corrected chi connectivity index (χ3v) is 5.36.